The summed E-state index contributed by atoms with van der Waals surface area (Å²) in [5, 5.41) is 9.46. The van der Waals surface area contributed by atoms with Gasteiger partial charge in [0, 0.05) is 23.4 Å². The minimum atomic E-state index is 0.649. The van der Waals surface area contributed by atoms with E-state index in [1.165, 1.54) is 0 Å². The van der Waals surface area contributed by atoms with E-state index < -0.39 is 0 Å². The van der Waals surface area contributed by atoms with Crippen molar-refractivity contribution in [2.24, 2.45) is 5.11 Å². The van der Waals surface area contributed by atoms with E-state index in [-0.39, 0.29) is 0 Å². The highest BCUT2D eigenvalue weighted by atomic mass is 15.2. The molecular weight excluding hydrogens is 262 g/mol. The van der Waals surface area contributed by atoms with Gasteiger partial charge in [0.2, 0.25) is 0 Å². The molecule has 0 saturated carbocycles. The number of nitrogens with one attached hydrogen (secondary N) is 1. The summed E-state index contributed by atoms with van der Waals surface area (Å²) in [7, 11) is 0. The lowest BCUT2D eigenvalue weighted by Gasteiger charge is -2.19. The fourth-order valence-electron chi connectivity index (χ4n) is 2.46. The molecule has 0 spiro atoms. The normalized spacial score (nSPS) is 10.6. The maximum atomic E-state index is 8.73. The summed E-state index contributed by atoms with van der Waals surface area (Å²) in [5.41, 5.74) is 10.3. The number of azide groups is 1. The Morgan fingerprint density at radius 1 is 1.14 bits per heavy atom. The van der Waals surface area contributed by atoms with Crippen molar-refractivity contribution in [2.45, 2.75) is 13.8 Å². The second-order valence-electron chi connectivity index (χ2n) is 4.82. The van der Waals surface area contributed by atoms with Crippen LogP contribution in [0.4, 0.5) is 11.4 Å². The lowest BCUT2D eigenvalue weighted by Crippen LogP contribution is -2.28. The summed E-state index contributed by atoms with van der Waals surface area (Å²) in [5.74, 6) is 0. The fraction of sp³-hybridized carbons (Fsp3) is 0.375. The van der Waals surface area contributed by atoms with E-state index in [0.29, 0.717) is 5.69 Å². The molecule has 0 radical (unpaired) electrons. The van der Waals surface area contributed by atoms with Gasteiger partial charge in [-0.05, 0) is 30.1 Å². The first-order valence-electron chi connectivity index (χ1n) is 7.33. The van der Waals surface area contributed by atoms with Crippen LogP contribution >= 0.6 is 0 Å². The van der Waals surface area contributed by atoms with Crippen LogP contribution in [-0.2, 0) is 0 Å². The molecule has 0 fully saturated rings. The van der Waals surface area contributed by atoms with Crippen molar-refractivity contribution in [3.8, 4) is 0 Å². The molecule has 110 valence electrons. The number of fused-ring (bicyclic) bond motifs is 1. The Morgan fingerprint density at radius 2 is 1.90 bits per heavy atom. The molecule has 1 N–H and O–H groups in total. The Bertz CT molecular complexity index is 642. The Morgan fingerprint density at radius 3 is 2.62 bits per heavy atom. The van der Waals surface area contributed by atoms with Crippen molar-refractivity contribution in [3.63, 3.8) is 0 Å². The molecule has 0 unspecified atom stereocenters. The average molecular weight is 283 g/mol. The minimum absolute atomic E-state index is 0.649. The SMILES string of the molecule is CCN(CC)CCNc1c(N=[N+]=[N-])ccc2ccccc12. The highest BCUT2D eigenvalue weighted by molar-refractivity contribution is 5.99. The summed E-state index contributed by atoms with van der Waals surface area (Å²) in [6.45, 7) is 8.18. The third kappa shape index (κ3) is 3.66. The molecule has 2 rings (SSSR count). The van der Waals surface area contributed by atoms with Gasteiger partial charge in [-0.15, -0.1) is 0 Å². The zero-order valence-electron chi connectivity index (χ0n) is 12.6. The van der Waals surface area contributed by atoms with E-state index in [1.807, 2.05) is 30.3 Å². The van der Waals surface area contributed by atoms with Crippen LogP contribution in [0.25, 0.3) is 21.2 Å². The highest BCUT2D eigenvalue weighted by Gasteiger charge is 2.06. The minimum Gasteiger partial charge on any atom is -0.383 e. The zero-order valence-corrected chi connectivity index (χ0v) is 12.6. The number of benzene rings is 2. The quantitative estimate of drug-likeness (QED) is 0.460. The maximum Gasteiger partial charge on any atom is 0.0613 e. The lowest BCUT2D eigenvalue weighted by molar-refractivity contribution is 0.316. The fourth-order valence-corrected chi connectivity index (χ4v) is 2.46. The summed E-state index contributed by atoms with van der Waals surface area (Å²) in [6, 6.07) is 12.0. The number of likely N-dealkylation sites (N-methyl/N-ethyl adjacent to an activating group) is 1. The third-order valence-corrected chi connectivity index (χ3v) is 3.68. The van der Waals surface area contributed by atoms with E-state index in [2.05, 4.69) is 40.2 Å². The molecular formula is C16H21N5. The van der Waals surface area contributed by atoms with Gasteiger partial charge in [0.05, 0.1) is 11.4 Å². The topological polar surface area (TPSA) is 64.0 Å². The van der Waals surface area contributed by atoms with Gasteiger partial charge in [0.15, 0.2) is 0 Å². The Labute approximate surface area is 125 Å². The molecule has 0 amide bonds. The van der Waals surface area contributed by atoms with Gasteiger partial charge in [0.25, 0.3) is 0 Å². The molecule has 0 atom stereocenters. The Hall–Kier alpha value is -2.23. The first kappa shape index (κ1) is 15.2. The second kappa shape index (κ2) is 7.53. The van der Waals surface area contributed by atoms with E-state index in [9.17, 15) is 0 Å². The van der Waals surface area contributed by atoms with Gasteiger partial charge in [0.1, 0.15) is 0 Å². The van der Waals surface area contributed by atoms with Crippen molar-refractivity contribution in [2.75, 3.05) is 31.5 Å². The van der Waals surface area contributed by atoms with Crippen LogP contribution < -0.4 is 5.32 Å². The zero-order chi connectivity index (χ0) is 15.1. The van der Waals surface area contributed by atoms with Gasteiger partial charge in [-0.2, -0.15) is 0 Å². The largest absolute Gasteiger partial charge is 0.383 e. The van der Waals surface area contributed by atoms with Gasteiger partial charge in [-0.25, -0.2) is 0 Å². The Balaban J connectivity index is 2.27. The molecule has 5 nitrogen and oxygen atoms in total. The maximum absolute atomic E-state index is 8.73. The molecule has 5 heteroatoms. The van der Waals surface area contributed by atoms with Crippen LogP contribution in [0, 0.1) is 0 Å². The molecule has 0 bridgehead atoms. The predicted octanol–water partition coefficient (Wildman–Crippen LogP) is 4.54. The smallest absolute Gasteiger partial charge is 0.0613 e. The van der Waals surface area contributed by atoms with Crippen LogP contribution in [-0.4, -0.2) is 31.1 Å². The van der Waals surface area contributed by atoms with Crippen molar-refractivity contribution < 1.29 is 0 Å². The van der Waals surface area contributed by atoms with Gasteiger partial charge in [-0.1, -0.05) is 49.3 Å². The Kier molecular flexibility index (Phi) is 5.43. The van der Waals surface area contributed by atoms with E-state index in [0.717, 1.165) is 42.6 Å². The van der Waals surface area contributed by atoms with Crippen LogP contribution in [0.15, 0.2) is 41.5 Å². The van der Waals surface area contributed by atoms with Crippen LogP contribution in [0.1, 0.15) is 13.8 Å². The molecule has 0 saturated heterocycles. The van der Waals surface area contributed by atoms with Crippen LogP contribution in [0.3, 0.4) is 0 Å². The number of hydrogen-bond donors (Lipinski definition) is 1. The standard InChI is InChI=1S/C16H21N5/c1-3-21(4-2)12-11-18-16-14-8-6-5-7-13(14)9-10-15(16)19-20-17/h5-10,18H,3-4,11-12H2,1-2H3. The van der Waals surface area contributed by atoms with E-state index in [4.69, 9.17) is 5.53 Å². The average Bonchev–Trinajstić information content (AvgIpc) is 2.53. The van der Waals surface area contributed by atoms with Gasteiger partial charge in [-0.3, -0.25) is 0 Å². The van der Waals surface area contributed by atoms with Crippen molar-refractivity contribution >= 4 is 22.1 Å². The summed E-state index contributed by atoms with van der Waals surface area (Å²) < 4.78 is 0. The summed E-state index contributed by atoms with van der Waals surface area (Å²) in [6.07, 6.45) is 0. The molecule has 0 aliphatic carbocycles. The first-order valence-corrected chi connectivity index (χ1v) is 7.33. The number of nitrogens with zero attached hydrogens (tertiary/aromatic N) is 4. The third-order valence-electron chi connectivity index (χ3n) is 3.68. The molecule has 2 aromatic rings. The molecule has 0 heterocycles. The van der Waals surface area contributed by atoms with E-state index in [1.54, 1.807) is 0 Å². The molecule has 21 heavy (non-hydrogen) atoms. The molecule has 0 aliphatic heterocycles. The first-order chi connectivity index (χ1) is 10.3. The molecule has 0 aliphatic rings. The molecule has 2 aromatic carbocycles. The van der Waals surface area contributed by atoms with Crippen LogP contribution in [0.2, 0.25) is 0 Å². The van der Waals surface area contributed by atoms with Crippen molar-refractivity contribution in [3.05, 3.63) is 46.8 Å². The number of anilines is 1. The van der Waals surface area contributed by atoms with Crippen molar-refractivity contribution in [1.29, 1.82) is 0 Å². The van der Waals surface area contributed by atoms with Gasteiger partial charge < -0.3 is 10.2 Å². The summed E-state index contributed by atoms with van der Waals surface area (Å²) >= 11 is 0. The number of hydrogen-bond acceptors (Lipinski definition) is 3. The van der Waals surface area contributed by atoms with E-state index >= 15 is 0 Å². The van der Waals surface area contributed by atoms with Crippen LogP contribution in [0.5, 0.6) is 0 Å². The monoisotopic (exact) mass is 283 g/mol. The predicted molar refractivity (Wildman–Crippen MR) is 89.0 cm³/mol. The lowest BCUT2D eigenvalue weighted by atomic mass is 10.1. The second-order valence-corrected chi connectivity index (χ2v) is 4.82. The molecule has 0 aromatic heterocycles. The van der Waals surface area contributed by atoms with Gasteiger partial charge >= 0.3 is 0 Å². The number of rotatable bonds is 7. The summed E-state index contributed by atoms with van der Waals surface area (Å²) in [4.78, 5) is 5.28. The highest BCUT2D eigenvalue weighted by Crippen LogP contribution is 2.33. The van der Waals surface area contributed by atoms with Crippen molar-refractivity contribution in [1.82, 2.24) is 4.90 Å².